The monoisotopic (exact) mass is 274 g/mol. The number of aryl methyl sites for hydroxylation is 1. The molecule has 1 amide bonds. The van der Waals surface area contributed by atoms with E-state index in [1.807, 2.05) is 23.6 Å². The first-order valence-electron chi connectivity index (χ1n) is 6.47. The van der Waals surface area contributed by atoms with Crippen LogP contribution in [0.1, 0.15) is 35.1 Å². The summed E-state index contributed by atoms with van der Waals surface area (Å²) in [7, 11) is 0. The molecule has 6 nitrogen and oxygen atoms in total. The highest BCUT2D eigenvalue weighted by Crippen LogP contribution is 2.13. The number of aromatic nitrogens is 2. The van der Waals surface area contributed by atoms with Gasteiger partial charge in [0.1, 0.15) is 11.9 Å². The Bertz CT molecular complexity index is 553. The van der Waals surface area contributed by atoms with Gasteiger partial charge >= 0.3 is 0 Å². The van der Waals surface area contributed by atoms with Crippen molar-refractivity contribution in [2.75, 3.05) is 0 Å². The molecule has 1 aromatic heterocycles. The van der Waals surface area contributed by atoms with Crippen LogP contribution in [-0.2, 0) is 6.42 Å². The van der Waals surface area contributed by atoms with Crippen molar-refractivity contribution in [3.05, 3.63) is 54.1 Å². The van der Waals surface area contributed by atoms with Crippen molar-refractivity contribution in [2.24, 2.45) is 5.84 Å². The van der Waals surface area contributed by atoms with Gasteiger partial charge in [0, 0.05) is 6.20 Å². The first kappa shape index (κ1) is 14.2. The molecule has 0 aliphatic carbocycles. The number of aliphatic hydroxyl groups is 1. The molecule has 1 aromatic carbocycles. The molecule has 0 aliphatic heterocycles. The highest BCUT2D eigenvalue weighted by atomic mass is 16.3. The van der Waals surface area contributed by atoms with Crippen LogP contribution in [-0.4, -0.2) is 20.6 Å². The molecule has 2 aromatic rings. The third kappa shape index (κ3) is 3.66. The van der Waals surface area contributed by atoms with Crippen LogP contribution in [0.15, 0.2) is 42.9 Å². The quantitative estimate of drug-likeness (QED) is 0.416. The minimum absolute atomic E-state index is 0.189. The summed E-state index contributed by atoms with van der Waals surface area (Å²) in [5.41, 5.74) is 3.44. The number of nitrogens with two attached hydrogens (primary N) is 1. The lowest BCUT2D eigenvalue weighted by atomic mass is 10.1. The highest BCUT2D eigenvalue weighted by Gasteiger charge is 2.11. The van der Waals surface area contributed by atoms with Crippen molar-refractivity contribution in [3.8, 4) is 0 Å². The molecule has 106 valence electrons. The standard InChI is InChI=1S/C14H18N4O2/c15-17-14(20)12-9-18(10-16-12)13(19)8-4-7-11-5-2-1-3-6-11/h1-3,5-6,9-10,13,19H,4,7-8,15H2,(H,17,20). The van der Waals surface area contributed by atoms with E-state index in [4.69, 9.17) is 5.84 Å². The van der Waals surface area contributed by atoms with Crippen molar-refractivity contribution >= 4 is 5.91 Å². The van der Waals surface area contributed by atoms with Gasteiger partial charge in [-0.15, -0.1) is 0 Å². The Hall–Kier alpha value is -2.18. The first-order chi connectivity index (χ1) is 9.70. The predicted octanol–water partition coefficient (Wildman–Crippen LogP) is 1.00. The number of benzene rings is 1. The van der Waals surface area contributed by atoms with Gasteiger partial charge in [0.05, 0.1) is 6.33 Å². The molecular formula is C14H18N4O2. The van der Waals surface area contributed by atoms with Crippen LogP contribution in [0.5, 0.6) is 0 Å². The molecule has 0 saturated heterocycles. The summed E-state index contributed by atoms with van der Waals surface area (Å²) in [6.45, 7) is 0. The second-order valence-electron chi connectivity index (χ2n) is 4.54. The molecule has 1 atom stereocenters. The Labute approximate surface area is 117 Å². The minimum Gasteiger partial charge on any atom is -0.373 e. The van der Waals surface area contributed by atoms with Gasteiger partial charge in [0.2, 0.25) is 0 Å². The fourth-order valence-corrected chi connectivity index (χ4v) is 1.97. The van der Waals surface area contributed by atoms with E-state index in [0.717, 1.165) is 12.8 Å². The number of aliphatic hydroxyl groups excluding tert-OH is 1. The van der Waals surface area contributed by atoms with Crippen LogP contribution >= 0.6 is 0 Å². The Morgan fingerprint density at radius 1 is 1.40 bits per heavy atom. The van der Waals surface area contributed by atoms with Crippen LogP contribution in [0.2, 0.25) is 0 Å². The average Bonchev–Trinajstić information content (AvgIpc) is 2.97. The molecule has 1 heterocycles. The average molecular weight is 274 g/mol. The van der Waals surface area contributed by atoms with E-state index in [1.165, 1.54) is 22.7 Å². The molecule has 1 unspecified atom stereocenters. The number of carbonyl (C=O) groups is 1. The molecule has 0 fully saturated rings. The number of carbonyl (C=O) groups excluding carboxylic acids is 1. The van der Waals surface area contributed by atoms with Crippen LogP contribution in [0, 0.1) is 0 Å². The molecule has 4 N–H and O–H groups in total. The third-order valence-corrected chi connectivity index (χ3v) is 3.08. The van der Waals surface area contributed by atoms with E-state index in [0.29, 0.717) is 6.42 Å². The molecule has 0 saturated carbocycles. The normalized spacial score (nSPS) is 12.1. The number of nitrogen functional groups attached to an aromatic ring is 1. The summed E-state index contributed by atoms with van der Waals surface area (Å²) in [5.74, 6) is 4.55. The van der Waals surface area contributed by atoms with E-state index < -0.39 is 12.1 Å². The lowest BCUT2D eigenvalue weighted by Gasteiger charge is -2.11. The lowest BCUT2D eigenvalue weighted by molar-refractivity contribution is 0.0913. The van der Waals surface area contributed by atoms with Crippen LogP contribution < -0.4 is 11.3 Å². The smallest absolute Gasteiger partial charge is 0.285 e. The van der Waals surface area contributed by atoms with Crippen molar-refractivity contribution in [3.63, 3.8) is 0 Å². The molecule has 0 bridgehead atoms. The zero-order chi connectivity index (χ0) is 14.4. The van der Waals surface area contributed by atoms with Gasteiger partial charge in [0.15, 0.2) is 0 Å². The summed E-state index contributed by atoms with van der Waals surface area (Å²) in [6.07, 6.45) is 4.57. The minimum atomic E-state index is -0.689. The highest BCUT2D eigenvalue weighted by molar-refractivity contribution is 5.91. The number of nitrogens with one attached hydrogen (secondary N) is 1. The lowest BCUT2D eigenvalue weighted by Crippen LogP contribution is -2.30. The maximum Gasteiger partial charge on any atom is 0.285 e. The van der Waals surface area contributed by atoms with Gasteiger partial charge in [-0.05, 0) is 24.8 Å². The number of nitrogens with zero attached hydrogens (tertiary/aromatic N) is 2. The Morgan fingerprint density at radius 2 is 2.15 bits per heavy atom. The molecule has 0 radical (unpaired) electrons. The molecule has 0 aliphatic rings. The van der Waals surface area contributed by atoms with E-state index in [9.17, 15) is 9.90 Å². The molecule has 0 spiro atoms. The number of amides is 1. The van der Waals surface area contributed by atoms with E-state index in [-0.39, 0.29) is 5.69 Å². The maximum atomic E-state index is 11.3. The first-order valence-corrected chi connectivity index (χ1v) is 6.47. The van der Waals surface area contributed by atoms with Gasteiger partial charge in [0.25, 0.3) is 5.91 Å². The van der Waals surface area contributed by atoms with Gasteiger partial charge in [-0.2, -0.15) is 0 Å². The largest absolute Gasteiger partial charge is 0.373 e. The number of imidazole rings is 1. The van der Waals surface area contributed by atoms with Crippen molar-refractivity contribution in [2.45, 2.75) is 25.5 Å². The van der Waals surface area contributed by atoms with Gasteiger partial charge in [-0.3, -0.25) is 10.2 Å². The zero-order valence-corrected chi connectivity index (χ0v) is 11.1. The second kappa shape index (κ2) is 6.83. The number of rotatable bonds is 6. The van der Waals surface area contributed by atoms with Gasteiger partial charge in [-0.1, -0.05) is 30.3 Å². The van der Waals surface area contributed by atoms with Crippen molar-refractivity contribution in [1.29, 1.82) is 0 Å². The van der Waals surface area contributed by atoms with Gasteiger partial charge in [-0.25, -0.2) is 10.8 Å². The Morgan fingerprint density at radius 3 is 2.85 bits per heavy atom. The van der Waals surface area contributed by atoms with E-state index in [2.05, 4.69) is 17.1 Å². The summed E-state index contributed by atoms with van der Waals surface area (Å²) in [6, 6.07) is 10.1. The Balaban J connectivity index is 1.84. The Kier molecular flexibility index (Phi) is 4.86. The molecular weight excluding hydrogens is 256 g/mol. The number of hydrogen-bond acceptors (Lipinski definition) is 4. The third-order valence-electron chi connectivity index (χ3n) is 3.08. The zero-order valence-electron chi connectivity index (χ0n) is 11.1. The van der Waals surface area contributed by atoms with E-state index in [1.54, 1.807) is 0 Å². The van der Waals surface area contributed by atoms with Crippen LogP contribution in [0.25, 0.3) is 0 Å². The predicted molar refractivity (Wildman–Crippen MR) is 74.5 cm³/mol. The van der Waals surface area contributed by atoms with Gasteiger partial charge < -0.3 is 9.67 Å². The SMILES string of the molecule is NNC(=O)c1cn(C(O)CCCc2ccccc2)cn1. The molecule has 2 rings (SSSR count). The molecule has 6 heteroatoms. The van der Waals surface area contributed by atoms with Crippen molar-refractivity contribution in [1.82, 2.24) is 15.0 Å². The van der Waals surface area contributed by atoms with Crippen LogP contribution in [0.3, 0.4) is 0 Å². The summed E-state index contributed by atoms with van der Waals surface area (Å²) in [4.78, 5) is 15.1. The van der Waals surface area contributed by atoms with Crippen LogP contribution in [0.4, 0.5) is 0 Å². The fourth-order valence-electron chi connectivity index (χ4n) is 1.97. The number of hydrogen-bond donors (Lipinski definition) is 3. The maximum absolute atomic E-state index is 11.3. The second-order valence-corrected chi connectivity index (χ2v) is 4.54. The summed E-state index contributed by atoms with van der Waals surface area (Å²) in [5, 5.41) is 10.0. The fraction of sp³-hybridized carbons (Fsp3) is 0.286. The topological polar surface area (TPSA) is 93.2 Å². The van der Waals surface area contributed by atoms with Crippen molar-refractivity contribution < 1.29 is 9.90 Å². The summed E-state index contributed by atoms with van der Waals surface area (Å²) >= 11 is 0. The molecule has 20 heavy (non-hydrogen) atoms. The number of hydrazine groups is 1. The van der Waals surface area contributed by atoms with E-state index >= 15 is 0 Å². The summed E-state index contributed by atoms with van der Waals surface area (Å²) < 4.78 is 1.51.